The van der Waals surface area contributed by atoms with Crippen molar-refractivity contribution >= 4 is 29.1 Å². The largest absolute Gasteiger partial charge is 0.508 e. The van der Waals surface area contributed by atoms with E-state index in [1.165, 1.54) is 17.0 Å². The van der Waals surface area contributed by atoms with Gasteiger partial charge in [0, 0.05) is 34.0 Å². The van der Waals surface area contributed by atoms with Crippen molar-refractivity contribution in [3.05, 3.63) is 45.2 Å². The number of hydrogen-bond donors (Lipinski definition) is 7. The van der Waals surface area contributed by atoms with Crippen LogP contribution in [-0.4, -0.2) is 79.1 Å². The Morgan fingerprint density at radius 1 is 1.19 bits per heavy atom. The monoisotopic (exact) mass is 466 g/mol. The van der Waals surface area contributed by atoms with Crippen LogP contribution in [0.4, 0.5) is 0 Å². The molecule has 1 amide bonds. The number of ketones is 1. The van der Waals surface area contributed by atoms with Gasteiger partial charge in [-0.3, -0.25) is 9.59 Å². The lowest BCUT2D eigenvalue weighted by Crippen LogP contribution is -2.67. The molecule has 0 heterocycles. The number of nitrogens with two attached hydrogens (primary N) is 1. The SMILES string of the molecule is CN(C)[C@@H]1C(O)C(C(N)=O)=C(O)[C@@]2(O)C(=O)C3=C(O)c4c(O)ccc(Cl)c4[C@@H](O)[C@H]3C[C@@H]12. The molecule has 0 saturated heterocycles. The third-order valence-corrected chi connectivity index (χ3v) is 7.18. The number of primary amides is 1. The highest BCUT2D eigenvalue weighted by atomic mass is 35.5. The molecule has 1 aromatic rings. The summed E-state index contributed by atoms with van der Waals surface area (Å²) >= 11 is 6.20. The van der Waals surface area contributed by atoms with Crippen molar-refractivity contribution in [3.8, 4) is 5.75 Å². The van der Waals surface area contributed by atoms with E-state index in [0.717, 1.165) is 0 Å². The van der Waals surface area contributed by atoms with Crippen molar-refractivity contribution in [2.45, 2.75) is 30.3 Å². The number of halogens is 1. The van der Waals surface area contributed by atoms with Crippen molar-refractivity contribution in [1.82, 2.24) is 4.90 Å². The second-order valence-electron chi connectivity index (χ2n) is 8.63. The van der Waals surface area contributed by atoms with Crippen LogP contribution in [0.25, 0.3) is 5.76 Å². The van der Waals surface area contributed by atoms with Crippen LogP contribution in [-0.2, 0) is 9.59 Å². The summed E-state index contributed by atoms with van der Waals surface area (Å²) in [5.74, 6) is -6.89. The zero-order valence-electron chi connectivity index (χ0n) is 17.2. The molecule has 172 valence electrons. The molecule has 3 aliphatic rings. The van der Waals surface area contributed by atoms with Gasteiger partial charge in [-0.25, -0.2) is 0 Å². The van der Waals surface area contributed by atoms with E-state index in [1.807, 2.05) is 0 Å². The molecule has 0 aliphatic heterocycles. The average Bonchev–Trinajstić information content (AvgIpc) is 2.69. The predicted molar refractivity (Wildman–Crippen MR) is 112 cm³/mol. The standard InChI is InChI=1S/C21H23ClN2O8/c1-24(2)14-7-5-6-10(16(27)12-9(25)4-3-8(22)11(12)15(6)26)18(29)21(7,32)19(30)13(17(14)28)20(23)31/h3-4,6-7,14-15,17,25-28,30,32H,5H2,1-2H3,(H2,23,31)/t6-,7-,14-,15-,17?,21-/m0/s1. The van der Waals surface area contributed by atoms with E-state index < -0.39 is 75.8 Å². The molecule has 1 aromatic carbocycles. The van der Waals surface area contributed by atoms with Gasteiger partial charge in [-0.2, -0.15) is 0 Å². The fourth-order valence-electron chi connectivity index (χ4n) is 5.44. The van der Waals surface area contributed by atoms with Crippen molar-refractivity contribution in [3.63, 3.8) is 0 Å². The van der Waals surface area contributed by atoms with Crippen LogP contribution in [0, 0.1) is 11.8 Å². The predicted octanol–water partition coefficient (Wildman–Crippen LogP) is -0.0999. The highest BCUT2D eigenvalue weighted by molar-refractivity contribution is 6.32. The summed E-state index contributed by atoms with van der Waals surface area (Å²) in [4.78, 5) is 27.0. The van der Waals surface area contributed by atoms with Gasteiger partial charge in [-0.1, -0.05) is 11.6 Å². The van der Waals surface area contributed by atoms with Crippen LogP contribution in [0.2, 0.25) is 5.02 Å². The lowest BCUT2D eigenvalue weighted by molar-refractivity contribution is -0.157. The van der Waals surface area contributed by atoms with Gasteiger partial charge in [0.15, 0.2) is 5.60 Å². The van der Waals surface area contributed by atoms with E-state index in [0.29, 0.717) is 0 Å². The summed E-state index contributed by atoms with van der Waals surface area (Å²) in [5.41, 5.74) is 1.23. The van der Waals surface area contributed by atoms with Crippen LogP contribution in [0.3, 0.4) is 0 Å². The van der Waals surface area contributed by atoms with Crippen molar-refractivity contribution in [1.29, 1.82) is 0 Å². The summed E-state index contributed by atoms with van der Waals surface area (Å²) in [7, 11) is 3.09. The molecule has 8 N–H and O–H groups in total. The number of hydrogen-bond acceptors (Lipinski definition) is 9. The Morgan fingerprint density at radius 3 is 2.38 bits per heavy atom. The van der Waals surface area contributed by atoms with E-state index >= 15 is 0 Å². The maximum atomic E-state index is 13.6. The molecule has 11 heteroatoms. The molecule has 3 aliphatic carbocycles. The molecule has 1 saturated carbocycles. The molecular formula is C21H23ClN2O8. The Balaban J connectivity index is 2.02. The van der Waals surface area contributed by atoms with E-state index in [1.54, 1.807) is 14.1 Å². The molecular weight excluding hydrogens is 444 g/mol. The van der Waals surface area contributed by atoms with E-state index in [-0.39, 0.29) is 22.6 Å². The van der Waals surface area contributed by atoms with Gasteiger partial charge >= 0.3 is 0 Å². The third-order valence-electron chi connectivity index (χ3n) is 6.85. The van der Waals surface area contributed by atoms with Gasteiger partial charge in [-0.05, 0) is 32.6 Å². The van der Waals surface area contributed by atoms with E-state index in [9.17, 15) is 40.2 Å². The number of rotatable bonds is 2. The van der Waals surface area contributed by atoms with Crippen molar-refractivity contribution in [2.24, 2.45) is 17.6 Å². The van der Waals surface area contributed by atoms with Gasteiger partial charge < -0.3 is 41.3 Å². The number of fused-ring (bicyclic) bond motifs is 3. The van der Waals surface area contributed by atoms with Crippen molar-refractivity contribution < 1.29 is 40.2 Å². The number of likely N-dealkylation sites (N-methyl/N-ethyl adjacent to an activating group) is 1. The number of phenolic OH excluding ortho intramolecular Hbond substituents is 1. The Bertz CT molecular complexity index is 1110. The van der Waals surface area contributed by atoms with Gasteiger partial charge in [0.2, 0.25) is 5.78 Å². The first-order chi connectivity index (χ1) is 14.8. The summed E-state index contributed by atoms with van der Waals surface area (Å²) in [6, 6.07) is 1.47. The fraction of sp³-hybridized carbons (Fsp3) is 0.429. The highest BCUT2D eigenvalue weighted by Crippen LogP contribution is 2.56. The minimum atomic E-state index is -2.70. The highest BCUT2D eigenvalue weighted by Gasteiger charge is 2.65. The summed E-state index contributed by atoms with van der Waals surface area (Å²) < 4.78 is 0. The summed E-state index contributed by atoms with van der Waals surface area (Å²) in [5, 5.41) is 65.3. The normalized spacial score (nSPS) is 34.3. The first kappa shape index (κ1) is 22.6. The lowest BCUT2D eigenvalue weighted by Gasteiger charge is -2.53. The molecule has 0 radical (unpaired) electrons. The molecule has 1 unspecified atom stereocenters. The number of amides is 1. The lowest BCUT2D eigenvalue weighted by atomic mass is 9.56. The second kappa shape index (κ2) is 7.19. The molecule has 0 spiro atoms. The minimum absolute atomic E-state index is 0.0199. The maximum Gasteiger partial charge on any atom is 0.250 e. The quantitative estimate of drug-likeness (QED) is 0.312. The van der Waals surface area contributed by atoms with Gasteiger partial charge in [0.05, 0.1) is 17.2 Å². The number of Topliss-reactive ketones (excluding diaryl/α,β-unsaturated/α-hetero) is 1. The molecule has 32 heavy (non-hydrogen) atoms. The number of aliphatic hydroxyl groups is 5. The molecule has 10 nitrogen and oxygen atoms in total. The number of nitrogens with zero attached hydrogens (tertiary/aromatic N) is 1. The van der Waals surface area contributed by atoms with Gasteiger partial charge in [-0.15, -0.1) is 0 Å². The number of aliphatic hydroxyl groups excluding tert-OH is 4. The first-order valence-electron chi connectivity index (χ1n) is 9.83. The number of aromatic hydroxyl groups is 1. The number of carbonyl (C=O) groups excluding carboxylic acids is 2. The van der Waals surface area contributed by atoms with E-state index in [4.69, 9.17) is 17.3 Å². The number of phenols is 1. The third kappa shape index (κ3) is 2.67. The Morgan fingerprint density at radius 2 is 1.81 bits per heavy atom. The molecule has 0 aromatic heterocycles. The van der Waals surface area contributed by atoms with Gasteiger partial charge in [0.25, 0.3) is 5.91 Å². The minimum Gasteiger partial charge on any atom is -0.508 e. The molecule has 6 atom stereocenters. The van der Waals surface area contributed by atoms with Crippen LogP contribution in [0.1, 0.15) is 23.7 Å². The molecule has 4 rings (SSSR count). The second-order valence-corrected chi connectivity index (χ2v) is 9.04. The molecule has 0 bridgehead atoms. The number of benzene rings is 1. The fourth-order valence-corrected chi connectivity index (χ4v) is 5.71. The van der Waals surface area contributed by atoms with Crippen LogP contribution in [0.5, 0.6) is 5.75 Å². The molecule has 1 fully saturated rings. The Kier molecular flexibility index (Phi) is 5.07. The summed E-state index contributed by atoms with van der Waals surface area (Å²) in [6.45, 7) is 0. The number of carbonyl (C=O) groups is 2. The van der Waals surface area contributed by atoms with E-state index in [2.05, 4.69) is 0 Å². The van der Waals surface area contributed by atoms with Gasteiger partial charge in [0.1, 0.15) is 23.4 Å². The first-order valence-corrected chi connectivity index (χ1v) is 10.2. The van der Waals surface area contributed by atoms with Crippen LogP contribution >= 0.6 is 11.6 Å². The zero-order chi connectivity index (χ0) is 23.9. The average molecular weight is 467 g/mol. The zero-order valence-corrected chi connectivity index (χ0v) is 17.9. The Labute approximate surface area is 187 Å². The topological polar surface area (TPSA) is 185 Å². The Hall–Kier alpha value is -2.63. The van der Waals surface area contributed by atoms with Crippen LogP contribution in [0.15, 0.2) is 29.0 Å². The summed E-state index contributed by atoms with van der Waals surface area (Å²) in [6.07, 6.45) is -3.24. The smallest absolute Gasteiger partial charge is 0.250 e. The maximum absolute atomic E-state index is 13.6. The van der Waals surface area contributed by atoms with Crippen molar-refractivity contribution in [2.75, 3.05) is 14.1 Å². The van der Waals surface area contributed by atoms with Crippen LogP contribution < -0.4 is 5.73 Å².